The van der Waals surface area contributed by atoms with Crippen molar-refractivity contribution in [1.82, 2.24) is 20.1 Å². The fourth-order valence-corrected chi connectivity index (χ4v) is 5.57. The van der Waals surface area contributed by atoms with Crippen LogP contribution < -0.4 is 5.32 Å². The van der Waals surface area contributed by atoms with Crippen molar-refractivity contribution in [1.29, 1.82) is 0 Å². The summed E-state index contributed by atoms with van der Waals surface area (Å²) >= 11 is 2.03. The molecule has 1 aromatic rings. The van der Waals surface area contributed by atoms with Gasteiger partial charge in [-0.1, -0.05) is 57.9 Å². The minimum Gasteiger partial charge on any atom is -0.301 e. The van der Waals surface area contributed by atoms with Crippen LogP contribution in [-0.2, 0) is 0 Å². The van der Waals surface area contributed by atoms with E-state index in [1.165, 1.54) is 102 Å². The molecule has 4 nitrogen and oxygen atoms in total. The van der Waals surface area contributed by atoms with Gasteiger partial charge in [0.2, 0.25) is 0 Å². The lowest BCUT2D eigenvalue weighted by molar-refractivity contribution is 0.124. The van der Waals surface area contributed by atoms with E-state index in [0.29, 0.717) is 11.4 Å². The lowest BCUT2D eigenvalue weighted by atomic mass is 10.1. The van der Waals surface area contributed by atoms with Crippen LogP contribution in [-0.4, -0.2) is 65.8 Å². The smallest absolute Gasteiger partial charge is 0.0807 e. The molecule has 2 fully saturated rings. The predicted molar refractivity (Wildman–Crippen MR) is 122 cm³/mol. The second-order valence-corrected chi connectivity index (χ2v) is 9.62. The zero-order valence-corrected chi connectivity index (χ0v) is 18.6. The number of piperazine rings is 1. The maximum atomic E-state index is 4.26. The minimum absolute atomic E-state index is 0.418. The predicted octanol–water partition coefficient (Wildman–Crippen LogP) is 4.54. The fourth-order valence-electron chi connectivity index (χ4n) is 4.33. The van der Waals surface area contributed by atoms with E-state index >= 15 is 0 Å². The van der Waals surface area contributed by atoms with Crippen LogP contribution >= 0.6 is 11.8 Å². The van der Waals surface area contributed by atoms with Crippen LogP contribution in [0.3, 0.4) is 0 Å². The van der Waals surface area contributed by atoms with Crippen LogP contribution in [0.5, 0.6) is 0 Å². The van der Waals surface area contributed by atoms with Crippen molar-refractivity contribution in [3.05, 3.63) is 30.1 Å². The molecule has 0 amide bonds. The molecule has 0 aromatic carbocycles. The topological polar surface area (TPSA) is 31.4 Å². The first-order valence-corrected chi connectivity index (χ1v) is 12.6. The van der Waals surface area contributed by atoms with E-state index in [0.717, 1.165) is 0 Å². The highest BCUT2D eigenvalue weighted by Crippen LogP contribution is 2.32. The van der Waals surface area contributed by atoms with Gasteiger partial charge in [-0.3, -0.25) is 15.2 Å². The average molecular weight is 405 g/mol. The van der Waals surface area contributed by atoms with Gasteiger partial charge in [0.1, 0.15) is 0 Å². The van der Waals surface area contributed by atoms with Gasteiger partial charge in [-0.2, -0.15) is 0 Å². The Labute approximate surface area is 176 Å². The van der Waals surface area contributed by atoms with Crippen molar-refractivity contribution in [3.63, 3.8) is 0 Å². The molecule has 0 saturated carbocycles. The van der Waals surface area contributed by atoms with Gasteiger partial charge in [-0.25, -0.2) is 0 Å². The molecule has 3 rings (SSSR count). The van der Waals surface area contributed by atoms with Crippen molar-refractivity contribution in [2.75, 3.05) is 45.0 Å². The summed E-state index contributed by atoms with van der Waals surface area (Å²) < 4.78 is 0. The number of nitrogens with zero attached hydrogens (tertiary/aromatic N) is 3. The largest absolute Gasteiger partial charge is 0.301 e. The van der Waals surface area contributed by atoms with Crippen LogP contribution in [0.1, 0.15) is 69.2 Å². The monoisotopic (exact) mass is 404 g/mol. The number of rotatable bonds is 12. The molecular weight excluding hydrogens is 364 g/mol. The highest BCUT2D eigenvalue weighted by molar-refractivity contribution is 7.99. The molecule has 2 saturated heterocycles. The minimum atomic E-state index is 0.418. The third-order valence-electron chi connectivity index (χ3n) is 6.11. The van der Waals surface area contributed by atoms with Crippen LogP contribution in [0.25, 0.3) is 0 Å². The molecule has 2 unspecified atom stereocenters. The van der Waals surface area contributed by atoms with Gasteiger partial charge in [-0.15, -0.1) is 11.8 Å². The standard InChI is InChI=1S/C23H40N4S/c1-2-3-4-5-6-7-8-9-13-26-14-16-27(17-15-26)19-22-20-28-23(25-22)21-11-10-12-24-18-21/h10-12,18,22-23,25H,2-9,13-17,19-20H2,1H3. The highest BCUT2D eigenvalue weighted by atomic mass is 32.2. The first-order valence-electron chi connectivity index (χ1n) is 11.6. The molecule has 2 aliphatic rings. The summed E-state index contributed by atoms with van der Waals surface area (Å²) in [6.07, 6.45) is 15.2. The Morgan fingerprint density at radius 3 is 2.43 bits per heavy atom. The van der Waals surface area contributed by atoms with Crippen molar-refractivity contribution >= 4 is 11.8 Å². The van der Waals surface area contributed by atoms with E-state index in [4.69, 9.17) is 0 Å². The van der Waals surface area contributed by atoms with Crippen molar-refractivity contribution in [2.24, 2.45) is 0 Å². The van der Waals surface area contributed by atoms with Gasteiger partial charge in [0.05, 0.1) is 5.37 Å². The number of thioether (sulfide) groups is 1. The molecule has 0 aliphatic carbocycles. The number of pyridine rings is 1. The second-order valence-electron chi connectivity index (χ2n) is 8.48. The molecule has 3 heterocycles. The van der Waals surface area contributed by atoms with Crippen LogP contribution in [0.2, 0.25) is 0 Å². The van der Waals surface area contributed by atoms with Gasteiger partial charge >= 0.3 is 0 Å². The Morgan fingerprint density at radius 2 is 1.71 bits per heavy atom. The molecule has 28 heavy (non-hydrogen) atoms. The zero-order chi connectivity index (χ0) is 19.4. The molecule has 2 aliphatic heterocycles. The van der Waals surface area contributed by atoms with Gasteiger partial charge < -0.3 is 4.90 Å². The Balaban J connectivity index is 1.22. The molecule has 1 N–H and O–H groups in total. The summed E-state index contributed by atoms with van der Waals surface area (Å²) in [5.74, 6) is 1.21. The third-order valence-corrected chi connectivity index (χ3v) is 7.45. The number of hydrogen-bond acceptors (Lipinski definition) is 5. The lowest BCUT2D eigenvalue weighted by Gasteiger charge is -2.36. The number of hydrogen-bond donors (Lipinski definition) is 1. The van der Waals surface area contributed by atoms with E-state index in [1.807, 2.05) is 30.2 Å². The average Bonchev–Trinajstić information content (AvgIpc) is 3.20. The quantitative estimate of drug-likeness (QED) is 0.517. The molecule has 158 valence electrons. The van der Waals surface area contributed by atoms with Crippen LogP contribution in [0.15, 0.2) is 24.5 Å². The SMILES string of the molecule is CCCCCCCCCCN1CCN(CC2CSC(c3cccnc3)N2)CC1. The lowest BCUT2D eigenvalue weighted by Crippen LogP contribution is -2.50. The van der Waals surface area contributed by atoms with Crippen molar-refractivity contribution in [3.8, 4) is 0 Å². The number of aromatic nitrogens is 1. The fraction of sp³-hybridized carbons (Fsp3) is 0.783. The molecule has 2 atom stereocenters. The maximum Gasteiger partial charge on any atom is 0.0807 e. The summed E-state index contributed by atoms with van der Waals surface area (Å²) in [7, 11) is 0. The first kappa shape index (κ1) is 22.1. The Hall–Kier alpha value is -0.620. The highest BCUT2D eigenvalue weighted by Gasteiger charge is 2.28. The van der Waals surface area contributed by atoms with Gasteiger partial charge in [-0.05, 0) is 24.6 Å². The molecule has 5 heteroatoms. The summed E-state index contributed by atoms with van der Waals surface area (Å²) in [6.45, 7) is 9.76. The third kappa shape index (κ3) is 7.66. The molecule has 1 aromatic heterocycles. The molecule has 0 radical (unpaired) electrons. The number of unbranched alkanes of at least 4 members (excludes halogenated alkanes) is 7. The Kier molecular flexibility index (Phi) is 10.1. The van der Waals surface area contributed by atoms with E-state index in [-0.39, 0.29) is 0 Å². The first-order chi connectivity index (χ1) is 13.8. The Morgan fingerprint density at radius 1 is 1.00 bits per heavy atom. The van der Waals surface area contributed by atoms with E-state index in [9.17, 15) is 0 Å². The van der Waals surface area contributed by atoms with Gasteiger partial charge in [0.25, 0.3) is 0 Å². The van der Waals surface area contributed by atoms with Crippen LogP contribution in [0.4, 0.5) is 0 Å². The van der Waals surface area contributed by atoms with Crippen molar-refractivity contribution < 1.29 is 0 Å². The van der Waals surface area contributed by atoms with E-state index in [1.54, 1.807) is 0 Å². The molecular formula is C23H40N4S. The van der Waals surface area contributed by atoms with E-state index < -0.39 is 0 Å². The van der Waals surface area contributed by atoms with Gasteiger partial charge in [0, 0.05) is 56.9 Å². The summed E-state index contributed by atoms with van der Waals surface area (Å²) in [5.41, 5.74) is 1.31. The molecule has 0 bridgehead atoms. The van der Waals surface area contributed by atoms with Crippen molar-refractivity contribution in [2.45, 2.75) is 69.7 Å². The summed E-state index contributed by atoms with van der Waals surface area (Å²) in [5, 5.41) is 4.22. The van der Waals surface area contributed by atoms with E-state index in [2.05, 4.69) is 33.1 Å². The zero-order valence-electron chi connectivity index (χ0n) is 17.8. The second kappa shape index (κ2) is 12.8. The maximum absolute atomic E-state index is 4.26. The molecule has 0 spiro atoms. The summed E-state index contributed by atoms with van der Waals surface area (Å²) in [4.78, 5) is 9.61. The van der Waals surface area contributed by atoms with Crippen LogP contribution in [0, 0.1) is 0 Å². The summed E-state index contributed by atoms with van der Waals surface area (Å²) in [6, 6.07) is 4.83. The number of nitrogens with one attached hydrogen (secondary N) is 1. The van der Waals surface area contributed by atoms with Gasteiger partial charge in [0.15, 0.2) is 0 Å². The Bertz CT molecular complexity index is 519. The normalized spacial score (nSPS) is 24.0.